The SMILES string of the molecule is CO[Si](CCCNC(=O)Nc1cccnc1)(OC)OC. The van der Waals surface area contributed by atoms with Crippen LogP contribution in [-0.2, 0) is 13.3 Å². The fourth-order valence-corrected chi connectivity index (χ4v) is 3.40. The average Bonchev–Trinajstić information content (AvgIpc) is 2.49. The van der Waals surface area contributed by atoms with Crippen molar-refractivity contribution in [1.82, 2.24) is 10.3 Å². The van der Waals surface area contributed by atoms with Gasteiger partial charge in [-0.05, 0) is 18.6 Å². The summed E-state index contributed by atoms with van der Waals surface area (Å²) in [5, 5.41) is 5.44. The number of aromatic nitrogens is 1. The van der Waals surface area contributed by atoms with E-state index in [4.69, 9.17) is 13.3 Å². The molecule has 2 amide bonds. The lowest BCUT2D eigenvalue weighted by molar-refractivity contribution is 0.123. The lowest BCUT2D eigenvalue weighted by Gasteiger charge is -2.24. The van der Waals surface area contributed by atoms with Crippen LogP contribution < -0.4 is 10.6 Å². The summed E-state index contributed by atoms with van der Waals surface area (Å²) in [6.07, 6.45) is 3.94. The van der Waals surface area contributed by atoms with E-state index in [1.807, 2.05) is 0 Å². The number of carbonyl (C=O) groups is 1. The fourth-order valence-electron chi connectivity index (χ4n) is 1.67. The van der Waals surface area contributed by atoms with Gasteiger partial charge in [0.15, 0.2) is 0 Å². The molecule has 112 valence electrons. The molecule has 0 bridgehead atoms. The van der Waals surface area contributed by atoms with Crippen molar-refractivity contribution in [3.05, 3.63) is 24.5 Å². The average molecular weight is 299 g/mol. The Labute approximate surface area is 120 Å². The monoisotopic (exact) mass is 299 g/mol. The molecule has 0 aliphatic carbocycles. The van der Waals surface area contributed by atoms with Crippen LogP contribution >= 0.6 is 0 Å². The molecular weight excluding hydrogens is 278 g/mol. The number of rotatable bonds is 8. The van der Waals surface area contributed by atoms with Gasteiger partial charge in [0, 0.05) is 40.1 Å². The molecule has 0 unspecified atom stereocenters. The Kier molecular flexibility index (Phi) is 7.16. The minimum absolute atomic E-state index is 0.266. The molecule has 0 radical (unpaired) electrons. The van der Waals surface area contributed by atoms with Crippen LogP contribution in [0.1, 0.15) is 6.42 Å². The third-order valence-electron chi connectivity index (χ3n) is 2.80. The van der Waals surface area contributed by atoms with E-state index in [0.29, 0.717) is 24.7 Å². The van der Waals surface area contributed by atoms with Gasteiger partial charge >= 0.3 is 14.8 Å². The number of carbonyl (C=O) groups excluding carboxylic acids is 1. The molecule has 1 heterocycles. The molecule has 1 rings (SSSR count). The summed E-state index contributed by atoms with van der Waals surface area (Å²) in [6.45, 7) is 0.511. The Morgan fingerprint density at radius 2 is 2.00 bits per heavy atom. The van der Waals surface area contributed by atoms with Crippen molar-refractivity contribution in [1.29, 1.82) is 0 Å². The molecule has 0 saturated carbocycles. The van der Waals surface area contributed by atoms with Crippen LogP contribution in [-0.4, -0.2) is 47.7 Å². The van der Waals surface area contributed by atoms with Crippen molar-refractivity contribution in [3.63, 3.8) is 0 Å². The molecule has 0 fully saturated rings. The van der Waals surface area contributed by atoms with Crippen molar-refractivity contribution < 1.29 is 18.1 Å². The largest absolute Gasteiger partial charge is 0.500 e. The second-order valence-electron chi connectivity index (χ2n) is 4.02. The van der Waals surface area contributed by atoms with E-state index in [1.165, 1.54) is 0 Å². The molecule has 2 N–H and O–H groups in total. The predicted molar refractivity (Wildman–Crippen MR) is 77.5 cm³/mol. The van der Waals surface area contributed by atoms with Gasteiger partial charge in [0.25, 0.3) is 0 Å². The Hall–Kier alpha value is -1.48. The highest BCUT2D eigenvalue weighted by atomic mass is 28.4. The number of nitrogens with zero attached hydrogens (tertiary/aromatic N) is 1. The van der Waals surface area contributed by atoms with Gasteiger partial charge in [0.05, 0.1) is 11.9 Å². The van der Waals surface area contributed by atoms with Crippen LogP contribution in [0.2, 0.25) is 6.04 Å². The lowest BCUT2D eigenvalue weighted by Crippen LogP contribution is -2.43. The van der Waals surface area contributed by atoms with Crippen LogP contribution in [0.5, 0.6) is 0 Å². The zero-order chi connectivity index (χ0) is 14.8. The molecule has 0 saturated heterocycles. The van der Waals surface area contributed by atoms with E-state index < -0.39 is 8.80 Å². The number of amides is 2. The van der Waals surface area contributed by atoms with Crippen LogP contribution in [0.25, 0.3) is 0 Å². The van der Waals surface area contributed by atoms with E-state index in [9.17, 15) is 4.79 Å². The van der Waals surface area contributed by atoms with Gasteiger partial charge in [0.1, 0.15) is 0 Å². The number of pyridine rings is 1. The Balaban J connectivity index is 2.25. The zero-order valence-corrected chi connectivity index (χ0v) is 13.0. The normalized spacial score (nSPS) is 11.2. The molecular formula is C12H21N3O4Si. The highest BCUT2D eigenvalue weighted by Gasteiger charge is 2.36. The summed E-state index contributed by atoms with van der Waals surface area (Å²) in [6, 6.07) is 3.90. The van der Waals surface area contributed by atoms with E-state index in [2.05, 4.69) is 15.6 Å². The first-order chi connectivity index (χ1) is 9.65. The number of urea groups is 1. The molecule has 0 spiro atoms. The number of nitrogens with one attached hydrogen (secondary N) is 2. The second-order valence-corrected chi connectivity index (χ2v) is 7.11. The van der Waals surface area contributed by atoms with Gasteiger partial charge in [-0.25, -0.2) is 4.79 Å². The van der Waals surface area contributed by atoms with Crippen molar-refractivity contribution in [2.45, 2.75) is 12.5 Å². The number of hydrogen-bond acceptors (Lipinski definition) is 5. The summed E-state index contributed by atoms with van der Waals surface area (Å²) < 4.78 is 15.9. The van der Waals surface area contributed by atoms with Crippen molar-refractivity contribution in [3.8, 4) is 0 Å². The lowest BCUT2D eigenvalue weighted by atomic mass is 10.4. The standard InChI is InChI=1S/C12H21N3O4Si/c1-17-20(18-2,19-3)9-5-8-14-12(16)15-11-6-4-7-13-10-11/h4,6-7,10H,5,8-9H2,1-3H3,(H2,14,15,16). The van der Waals surface area contributed by atoms with E-state index in [0.717, 1.165) is 0 Å². The first kappa shape index (κ1) is 16.6. The summed E-state index contributed by atoms with van der Waals surface area (Å²) in [7, 11) is 2.17. The Morgan fingerprint density at radius 1 is 1.30 bits per heavy atom. The zero-order valence-electron chi connectivity index (χ0n) is 12.0. The third kappa shape index (κ3) is 5.25. The van der Waals surface area contributed by atoms with Gasteiger partial charge in [-0.1, -0.05) is 0 Å². The van der Waals surface area contributed by atoms with Gasteiger partial charge in [-0.15, -0.1) is 0 Å². The summed E-state index contributed by atoms with van der Waals surface area (Å²) in [5.74, 6) is 0. The van der Waals surface area contributed by atoms with Crippen LogP contribution in [0.4, 0.5) is 10.5 Å². The molecule has 0 aliphatic heterocycles. The van der Waals surface area contributed by atoms with E-state index >= 15 is 0 Å². The summed E-state index contributed by atoms with van der Waals surface area (Å²) in [5.41, 5.74) is 0.652. The van der Waals surface area contributed by atoms with Crippen molar-refractivity contribution in [2.24, 2.45) is 0 Å². The fraction of sp³-hybridized carbons (Fsp3) is 0.500. The van der Waals surface area contributed by atoms with Gasteiger partial charge in [-0.2, -0.15) is 0 Å². The molecule has 0 aliphatic rings. The minimum Gasteiger partial charge on any atom is -0.377 e. The molecule has 8 heteroatoms. The van der Waals surface area contributed by atoms with Crippen LogP contribution in [0, 0.1) is 0 Å². The molecule has 1 aromatic heterocycles. The predicted octanol–water partition coefficient (Wildman–Crippen LogP) is 1.47. The molecule has 20 heavy (non-hydrogen) atoms. The second kappa shape index (κ2) is 8.64. The van der Waals surface area contributed by atoms with Gasteiger partial charge in [0.2, 0.25) is 0 Å². The van der Waals surface area contributed by atoms with Crippen LogP contribution in [0.15, 0.2) is 24.5 Å². The topological polar surface area (TPSA) is 81.7 Å². The highest BCUT2D eigenvalue weighted by Crippen LogP contribution is 2.14. The van der Waals surface area contributed by atoms with Crippen molar-refractivity contribution >= 4 is 20.5 Å². The maximum absolute atomic E-state index is 11.6. The van der Waals surface area contributed by atoms with Gasteiger partial charge < -0.3 is 23.9 Å². The third-order valence-corrected chi connectivity index (χ3v) is 5.63. The molecule has 0 aromatic carbocycles. The van der Waals surface area contributed by atoms with Crippen molar-refractivity contribution in [2.75, 3.05) is 33.2 Å². The minimum atomic E-state index is -2.55. The van der Waals surface area contributed by atoms with Crippen LogP contribution in [0.3, 0.4) is 0 Å². The Morgan fingerprint density at radius 3 is 2.55 bits per heavy atom. The Bertz CT molecular complexity index is 393. The summed E-state index contributed by atoms with van der Waals surface area (Å²) >= 11 is 0. The maximum atomic E-state index is 11.6. The maximum Gasteiger partial charge on any atom is 0.500 e. The summed E-state index contributed by atoms with van der Waals surface area (Å²) in [4.78, 5) is 15.5. The van der Waals surface area contributed by atoms with E-state index in [1.54, 1.807) is 45.9 Å². The first-order valence-electron chi connectivity index (χ1n) is 6.26. The highest BCUT2D eigenvalue weighted by molar-refractivity contribution is 6.60. The molecule has 1 aromatic rings. The van der Waals surface area contributed by atoms with E-state index in [-0.39, 0.29) is 6.03 Å². The smallest absolute Gasteiger partial charge is 0.377 e. The molecule has 7 nitrogen and oxygen atoms in total. The number of anilines is 1. The molecule has 0 atom stereocenters. The number of hydrogen-bond donors (Lipinski definition) is 2. The van der Waals surface area contributed by atoms with Gasteiger partial charge in [-0.3, -0.25) is 4.98 Å². The quantitative estimate of drug-likeness (QED) is 0.561. The first-order valence-corrected chi connectivity index (χ1v) is 8.19.